The summed E-state index contributed by atoms with van der Waals surface area (Å²) in [4.78, 5) is 13.4. The van der Waals surface area contributed by atoms with Crippen molar-refractivity contribution in [3.8, 4) is 5.75 Å². The van der Waals surface area contributed by atoms with Gasteiger partial charge in [0.15, 0.2) is 11.5 Å². The van der Waals surface area contributed by atoms with Gasteiger partial charge in [0.05, 0.1) is 16.9 Å². The molecule has 3 rings (SSSR count). The molecule has 0 aliphatic rings. The van der Waals surface area contributed by atoms with E-state index in [0.717, 1.165) is 49.5 Å². The van der Waals surface area contributed by atoms with Crippen LogP contribution < -0.4 is 11.5 Å². The van der Waals surface area contributed by atoms with Crippen LogP contribution >= 0.6 is 0 Å². The average molecular weight is 411 g/mol. The molecule has 0 bridgehead atoms. The zero-order chi connectivity index (χ0) is 21.7. The Morgan fingerprint density at radius 1 is 1.00 bits per heavy atom. The first kappa shape index (κ1) is 21.7. The minimum absolute atomic E-state index is 0.0739. The number of benzene rings is 2. The van der Waals surface area contributed by atoms with Gasteiger partial charge in [0.25, 0.3) is 0 Å². The summed E-state index contributed by atoms with van der Waals surface area (Å²) in [6.07, 6.45) is 6.22. The predicted molar refractivity (Wildman–Crippen MR) is 120 cm³/mol. The number of aromatic hydroxyl groups is 1. The van der Waals surface area contributed by atoms with Gasteiger partial charge in [-0.1, -0.05) is 31.9 Å². The van der Waals surface area contributed by atoms with Crippen LogP contribution in [0.1, 0.15) is 66.3 Å². The van der Waals surface area contributed by atoms with E-state index in [1.807, 2.05) is 18.2 Å². The number of furan rings is 1. The highest BCUT2D eigenvalue weighted by Gasteiger charge is 2.23. The zero-order valence-electron chi connectivity index (χ0n) is 17.4. The molecule has 6 nitrogen and oxygen atoms in total. The number of unbranched alkanes of at least 4 members (excludes halogenated alkanes) is 3. The summed E-state index contributed by atoms with van der Waals surface area (Å²) < 4.78 is 6.14. The molecule has 0 radical (unpaired) electrons. The van der Waals surface area contributed by atoms with Crippen molar-refractivity contribution in [3.63, 3.8) is 0 Å². The number of hydrogen-bond donors (Lipinski definition) is 4. The zero-order valence-corrected chi connectivity index (χ0v) is 17.4. The highest BCUT2D eigenvalue weighted by atomic mass is 16.3. The van der Waals surface area contributed by atoms with E-state index in [1.54, 1.807) is 0 Å². The first-order valence-electron chi connectivity index (χ1n) is 10.5. The van der Waals surface area contributed by atoms with Gasteiger partial charge in [-0.05, 0) is 49.4 Å². The van der Waals surface area contributed by atoms with Gasteiger partial charge < -0.3 is 26.1 Å². The van der Waals surface area contributed by atoms with E-state index in [0.29, 0.717) is 28.9 Å². The molecule has 0 fully saturated rings. The Bertz CT molecular complexity index is 1020. The van der Waals surface area contributed by atoms with Gasteiger partial charge in [0.2, 0.25) is 0 Å². The fourth-order valence-electron chi connectivity index (χ4n) is 3.70. The maximum atomic E-state index is 13.4. The largest absolute Gasteiger partial charge is 0.504 e. The van der Waals surface area contributed by atoms with Crippen LogP contribution in [0, 0.1) is 0 Å². The van der Waals surface area contributed by atoms with E-state index in [9.17, 15) is 9.90 Å². The van der Waals surface area contributed by atoms with Crippen LogP contribution in [0.5, 0.6) is 5.75 Å². The Balaban J connectivity index is 2.03. The number of rotatable bonds is 10. The summed E-state index contributed by atoms with van der Waals surface area (Å²) in [6.45, 7) is 2.31. The second kappa shape index (κ2) is 9.67. The molecule has 0 spiro atoms. The maximum Gasteiger partial charge on any atom is 0.197 e. The maximum absolute atomic E-state index is 13.4. The Labute approximate surface area is 176 Å². The number of aryl methyl sites for hydroxylation is 2. The van der Waals surface area contributed by atoms with E-state index in [1.165, 1.54) is 12.1 Å². The number of carbonyl (C=O) groups excluding carboxylic acids is 1. The highest BCUT2D eigenvalue weighted by Crippen LogP contribution is 2.34. The minimum Gasteiger partial charge on any atom is -0.504 e. The van der Waals surface area contributed by atoms with Crippen molar-refractivity contribution in [2.75, 3.05) is 18.1 Å². The molecular weight excluding hydrogens is 380 g/mol. The SMILES string of the molecule is CCCCCc1oc2cc(CCCCO)ccc2c1C(=O)c1cc(N)c(O)c(N)c1. The number of phenolic OH excluding ortho intramolecular Hbond substituents is 1. The average Bonchev–Trinajstić information content (AvgIpc) is 3.09. The Kier molecular flexibility index (Phi) is 7.00. The molecule has 2 aromatic carbocycles. The van der Waals surface area contributed by atoms with E-state index < -0.39 is 0 Å². The number of nitrogens with two attached hydrogens (primary N) is 2. The van der Waals surface area contributed by atoms with Crippen molar-refractivity contribution in [2.45, 2.75) is 51.9 Å². The lowest BCUT2D eigenvalue weighted by Crippen LogP contribution is -2.06. The lowest BCUT2D eigenvalue weighted by molar-refractivity contribution is 0.103. The van der Waals surface area contributed by atoms with Crippen molar-refractivity contribution in [2.24, 2.45) is 0 Å². The number of ketones is 1. The van der Waals surface area contributed by atoms with Crippen LogP contribution in [-0.2, 0) is 12.8 Å². The smallest absolute Gasteiger partial charge is 0.197 e. The van der Waals surface area contributed by atoms with Crippen LogP contribution in [-0.4, -0.2) is 22.6 Å². The van der Waals surface area contributed by atoms with Crippen LogP contribution in [0.3, 0.4) is 0 Å². The monoisotopic (exact) mass is 410 g/mol. The molecule has 0 saturated heterocycles. The van der Waals surface area contributed by atoms with Crippen molar-refractivity contribution < 1.29 is 19.4 Å². The quantitative estimate of drug-likeness (QED) is 0.168. The molecule has 0 atom stereocenters. The third kappa shape index (κ3) is 4.60. The molecule has 0 saturated carbocycles. The number of fused-ring (bicyclic) bond motifs is 1. The van der Waals surface area contributed by atoms with Gasteiger partial charge in [-0.25, -0.2) is 0 Å². The van der Waals surface area contributed by atoms with E-state index in [-0.39, 0.29) is 29.5 Å². The number of anilines is 2. The number of nitrogen functional groups attached to an aromatic ring is 2. The minimum atomic E-state index is -0.216. The van der Waals surface area contributed by atoms with E-state index >= 15 is 0 Å². The molecule has 0 aliphatic heterocycles. The van der Waals surface area contributed by atoms with Gasteiger partial charge in [-0.2, -0.15) is 0 Å². The molecule has 160 valence electrons. The first-order chi connectivity index (χ1) is 14.5. The summed E-state index contributed by atoms with van der Waals surface area (Å²) in [6, 6.07) is 8.81. The van der Waals surface area contributed by atoms with E-state index in [2.05, 4.69) is 6.92 Å². The third-order valence-electron chi connectivity index (χ3n) is 5.37. The number of aliphatic hydroxyl groups is 1. The number of carbonyl (C=O) groups is 1. The highest BCUT2D eigenvalue weighted by molar-refractivity contribution is 6.17. The van der Waals surface area contributed by atoms with Gasteiger partial charge in [0.1, 0.15) is 11.3 Å². The molecule has 0 amide bonds. The molecule has 1 aromatic heterocycles. The molecule has 3 aromatic rings. The second-order valence-electron chi connectivity index (χ2n) is 7.70. The normalized spacial score (nSPS) is 11.3. The molecule has 0 unspecified atom stereocenters. The van der Waals surface area contributed by atoms with Crippen LogP contribution in [0.4, 0.5) is 11.4 Å². The summed E-state index contributed by atoms with van der Waals surface area (Å²) in [5.74, 6) is 0.243. The molecular formula is C24H30N2O4. The number of phenols is 1. The summed E-state index contributed by atoms with van der Waals surface area (Å²) in [7, 11) is 0. The predicted octanol–water partition coefficient (Wildman–Crippen LogP) is 4.58. The lowest BCUT2D eigenvalue weighted by atomic mass is 9.96. The Morgan fingerprint density at radius 2 is 1.70 bits per heavy atom. The third-order valence-corrected chi connectivity index (χ3v) is 5.37. The van der Waals surface area contributed by atoms with Gasteiger partial charge in [-0.15, -0.1) is 0 Å². The van der Waals surface area contributed by atoms with Crippen LogP contribution in [0.2, 0.25) is 0 Å². The van der Waals surface area contributed by atoms with Crippen molar-refractivity contribution in [3.05, 3.63) is 52.8 Å². The number of aliphatic hydroxyl groups excluding tert-OH is 1. The molecule has 30 heavy (non-hydrogen) atoms. The summed E-state index contributed by atoms with van der Waals surface area (Å²) in [5, 5.41) is 19.6. The van der Waals surface area contributed by atoms with Crippen molar-refractivity contribution in [1.29, 1.82) is 0 Å². The number of hydrogen-bond acceptors (Lipinski definition) is 6. The molecule has 1 heterocycles. The lowest BCUT2D eigenvalue weighted by Gasteiger charge is -2.08. The first-order valence-corrected chi connectivity index (χ1v) is 10.5. The fourth-order valence-corrected chi connectivity index (χ4v) is 3.70. The fraction of sp³-hybridized carbons (Fsp3) is 0.375. The molecule has 0 aliphatic carbocycles. The van der Waals surface area contributed by atoms with Gasteiger partial charge >= 0.3 is 0 Å². The van der Waals surface area contributed by atoms with Crippen molar-refractivity contribution in [1.82, 2.24) is 0 Å². The topological polar surface area (TPSA) is 123 Å². The standard InChI is InChI=1S/C24H30N2O4/c1-2-3-4-8-20-22(23(28)16-13-18(25)24(29)19(26)14-16)17-10-9-15(7-5-6-11-27)12-21(17)30-20/h9-10,12-14,27,29H,2-8,11,25-26H2,1H3. The molecule has 6 N–H and O–H groups in total. The summed E-state index contributed by atoms with van der Waals surface area (Å²) >= 11 is 0. The Hall–Kier alpha value is -2.99. The van der Waals surface area contributed by atoms with Crippen molar-refractivity contribution >= 4 is 28.1 Å². The summed E-state index contributed by atoms with van der Waals surface area (Å²) in [5.41, 5.74) is 14.4. The van der Waals surface area contributed by atoms with Gasteiger partial charge in [0, 0.05) is 24.0 Å². The second-order valence-corrected chi connectivity index (χ2v) is 7.70. The van der Waals surface area contributed by atoms with E-state index in [4.69, 9.17) is 21.0 Å². The van der Waals surface area contributed by atoms with Crippen LogP contribution in [0.25, 0.3) is 11.0 Å². The Morgan fingerprint density at radius 3 is 2.37 bits per heavy atom. The van der Waals surface area contributed by atoms with Gasteiger partial charge in [-0.3, -0.25) is 4.79 Å². The molecule has 6 heteroatoms. The van der Waals surface area contributed by atoms with Crippen LogP contribution in [0.15, 0.2) is 34.7 Å².